The number of imidazole rings is 2. The number of aromatic nitrogens is 4. The highest BCUT2D eigenvalue weighted by molar-refractivity contribution is 6.68. The van der Waals surface area contributed by atoms with Crippen molar-refractivity contribution in [3.05, 3.63) is 44.8 Å². The Kier molecular flexibility index (Phi) is 2.93. The third-order valence-electron chi connectivity index (χ3n) is 2.83. The van der Waals surface area contributed by atoms with Crippen LogP contribution in [0.25, 0.3) is 11.0 Å². The lowest BCUT2D eigenvalue weighted by Crippen LogP contribution is -2.26. The normalized spacial score (nSPS) is 11.5. The van der Waals surface area contributed by atoms with Gasteiger partial charge in [-0.1, -0.05) is 0 Å². The molecule has 3 aromatic heterocycles. The van der Waals surface area contributed by atoms with Crippen LogP contribution in [0.3, 0.4) is 0 Å². The molecule has 3 aromatic rings. The van der Waals surface area contributed by atoms with Crippen LogP contribution >= 0.6 is 23.5 Å². The van der Waals surface area contributed by atoms with Crippen LogP contribution in [-0.4, -0.2) is 24.0 Å². The van der Waals surface area contributed by atoms with Gasteiger partial charge in [0.15, 0.2) is 5.69 Å². The first-order valence-electron chi connectivity index (χ1n) is 5.22. The third-order valence-corrected chi connectivity index (χ3v) is 3.12. The Balaban J connectivity index is 2.54. The van der Waals surface area contributed by atoms with E-state index in [-0.39, 0.29) is 29.0 Å². The number of halogens is 2. The lowest BCUT2D eigenvalue weighted by Gasteiger charge is -1.97. The maximum absolute atomic E-state index is 12.3. The molecule has 8 nitrogen and oxygen atoms in total. The van der Waals surface area contributed by atoms with Gasteiger partial charge in [-0.25, -0.2) is 9.97 Å². The van der Waals surface area contributed by atoms with Crippen LogP contribution in [0.15, 0.2) is 22.2 Å². The summed E-state index contributed by atoms with van der Waals surface area (Å²) in [6.45, 7) is -0.145. The summed E-state index contributed by atoms with van der Waals surface area (Å²) in [6.07, 6.45) is 2.22. The first-order chi connectivity index (χ1) is 9.56. The summed E-state index contributed by atoms with van der Waals surface area (Å²) >= 11 is 10.5. The fourth-order valence-corrected chi connectivity index (χ4v) is 2.24. The molecule has 0 saturated carbocycles. The molecule has 0 aliphatic rings. The van der Waals surface area contributed by atoms with E-state index in [1.54, 1.807) is 0 Å². The summed E-state index contributed by atoms with van der Waals surface area (Å²) in [7, 11) is 0. The van der Waals surface area contributed by atoms with Gasteiger partial charge in [-0.3, -0.25) is 27.5 Å². The summed E-state index contributed by atoms with van der Waals surface area (Å²) in [6, 6.07) is 0. The van der Waals surface area contributed by atoms with Gasteiger partial charge in [0.2, 0.25) is 0 Å². The van der Waals surface area contributed by atoms with Crippen molar-refractivity contribution in [1.82, 2.24) is 18.8 Å². The van der Waals surface area contributed by atoms with Crippen molar-refractivity contribution in [1.29, 1.82) is 0 Å². The van der Waals surface area contributed by atoms with Gasteiger partial charge in [0, 0.05) is 0 Å². The minimum atomic E-state index is -0.923. The van der Waals surface area contributed by atoms with Crippen molar-refractivity contribution in [2.75, 3.05) is 0 Å². The second-order valence-corrected chi connectivity index (χ2v) is 4.42. The van der Waals surface area contributed by atoms with E-state index in [1.807, 2.05) is 0 Å². The predicted molar refractivity (Wildman–Crippen MR) is 68.5 cm³/mol. The van der Waals surface area contributed by atoms with E-state index in [0.717, 1.165) is 21.5 Å². The maximum atomic E-state index is 12.3. The molecule has 3 heterocycles. The summed E-state index contributed by atoms with van der Waals surface area (Å²) < 4.78 is 6.36. The Labute approximate surface area is 119 Å². The molecular weight excluding hydrogens is 311 g/mol. The molecule has 0 aromatic carbocycles. The highest BCUT2D eigenvalue weighted by Gasteiger charge is 2.21. The molecule has 0 spiro atoms. The highest BCUT2D eigenvalue weighted by atomic mass is 35.5. The first kappa shape index (κ1) is 13.0. The van der Waals surface area contributed by atoms with E-state index in [2.05, 4.69) is 14.3 Å². The fraction of sp³-hybridized carbons (Fsp3) is 0.100. The van der Waals surface area contributed by atoms with Crippen LogP contribution in [0.1, 0.15) is 16.2 Å². The zero-order valence-corrected chi connectivity index (χ0v) is 11.1. The topological polar surface area (TPSA) is 95.0 Å². The van der Waals surface area contributed by atoms with Crippen molar-refractivity contribution in [2.45, 2.75) is 6.61 Å². The van der Waals surface area contributed by atoms with Crippen LogP contribution in [0, 0.1) is 0 Å². The molecule has 0 unspecified atom stereocenters. The van der Waals surface area contributed by atoms with Gasteiger partial charge in [-0.05, 0) is 11.6 Å². The number of hydrogen-bond donors (Lipinski definition) is 0. The molecule has 0 aliphatic carbocycles. The molecule has 0 saturated heterocycles. The van der Waals surface area contributed by atoms with Gasteiger partial charge < -0.3 is 0 Å². The molecule has 0 bridgehead atoms. The van der Waals surface area contributed by atoms with Crippen molar-refractivity contribution >= 4 is 39.7 Å². The van der Waals surface area contributed by atoms with E-state index in [9.17, 15) is 14.4 Å². The summed E-state index contributed by atoms with van der Waals surface area (Å²) in [4.78, 5) is 43.4. The van der Waals surface area contributed by atoms with E-state index in [4.69, 9.17) is 23.5 Å². The number of hydrogen-bond acceptors (Lipinski definition) is 6. The van der Waals surface area contributed by atoms with Crippen LogP contribution in [-0.2, 0) is 10.9 Å². The summed E-state index contributed by atoms with van der Waals surface area (Å²) in [5.41, 5.74) is -1.46. The maximum Gasteiger partial charge on any atom is 0.283 e. The fourth-order valence-electron chi connectivity index (χ4n) is 2.00. The van der Waals surface area contributed by atoms with E-state index >= 15 is 0 Å². The molecule has 0 amide bonds. The molecular formula is C10H4Cl2N4O4. The summed E-state index contributed by atoms with van der Waals surface area (Å²) in [5, 5.41) is -0.923. The van der Waals surface area contributed by atoms with Gasteiger partial charge >= 0.3 is 0 Å². The standard InChI is InChI=1S/C10H4Cl2N4O4/c11-8(17)5-7-10(19)15-2-13-4(1-20-12)6(15)9(18)16(7)3-14-5/h2-3H,1H2. The zero-order valence-electron chi connectivity index (χ0n) is 9.54. The van der Waals surface area contributed by atoms with Crippen LogP contribution < -0.4 is 11.1 Å². The van der Waals surface area contributed by atoms with Crippen molar-refractivity contribution in [2.24, 2.45) is 0 Å². The Morgan fingerprint density at radius 1 is 1.15 bits per heavy atom. The quantitative estimate of drug-likeness (QED) is 0.640. The van der Waals surface area contributed by atoms with Crippen LogP contribution in [0.5, 0.6) is 0 Å². The van der Waals surface area contributed by atoms with E-state index in [0.29, 0.717) is 0 Å². The Morgan fingerprint density at radius 2 is 1.75 bits per heavy atom. The minimum absolute atomic E-state index is 0.00845. The molecule has 0 radical (unpaired) electrons. The van der Waals surface area contributed by atoms with Crippen LogP contribution in [0.4, 0.5) is 0 Å². The molecule has 0 atom stereocenters. The molecule has 0 aliphatic heterocycles. The number of rotatable bonds is 3. The van der Waals surface area contributed by atoms with E-state index < -0.39 is 16.4 Å². The monoisotopic (exact) mass is 314 g/mol. The van der Waals surface area contributed by atoms with Crippen molar-refractivity contribution in [3.8, 4) is 0 Å². The van der Waals surface area contributed by atoms with Gasteiger partial charge in [0.25, 0.3) is 16.4 Å². The lowest BCUT2D eigenvalue weighted by atomic mass is 10.3. The number of carbonyl (C=O) groups is 1. The number of nitrogens with zero attached hydrogens (tertiary/aromatic N) is 4. The zero-order chi connectivity index (χ0) is 14.4. The molecule has 10 heteroatoms. The summed E-state index contributed by atoms with van der Waals surface area (Å²) in [5.74, 6) is 0. The van der Waals surface area contributed by atoms with Crippen molar-refractivity contribution in [3.63, 3.8) is 0 Å². The Morgan fingerprint density at radius 3 is 2.40 bits per heavy atom. The smallest absolute Gasteiger partial charge is 0.274 e. The largest absolute Gasteiger partial charge is 0.283 e. The first-order valence-corrected chi connectivity index (χ1v) is 5.91. The molecule has 3 rings (SSSR count). The number of fused-ring (bicyclic) bond motifs is 2. The van der Waals surface area contributed by atoms with E-state index in [1.165, 1.54) is 0 Å². The van der Waals surface area contributed by atoms with Gasteiger partial charge in [0.1, 0.15) is 30.3 Å². The van der Waals surface area contributed by atoms with Gasteiger partial charge in [-0.15, -0.1) is 0 Å². The Bertz CT molecular complexity index is 948. The molecule has 0 N–H and O–H groups in total. The third kappa shape index (κ3) is 1.62. The average Bonchev–Trinajstić information content (AvgIpc) is 3.00. The minimum Gasteiger partial charge on any atom is -0.274 e. The second kappa shape index (κ2) is 4.51. The van der Waals surface area contributed by atoms with Gasteiger partial charge in [-0.2, -0.15) is 0 Å². The van der Waals surface area contributed by atoms with Crippen LogP contribution in [0.2, 0.25) is 0 Å². The highest BCUT2D eigenvalue weighted by Crippen LogP contribution is 2.10. The second-order valence-electron chi connectivity index (χ2n) is 3.86. The van der Waals surface area contributed by atoms with Gasteiger partial charge in [0.05, 0.1) is 17.6 Å². The molecule has 102 valence electrons. The SMILES string of the molecule is O=C(Cl)c1ncn2c(=O)c3c(COCl)ncn3c(=O)c12. The Hall–Kier alpha value is -2.03. The predicted octanol–water partition coefficient (Wildman–Crippen LogP) is 0.190. The number of carbonyl (C=O) groups excluding carboxylic acids is 1. The lowest BCUT2D eigenvalue weighted by molar-refractivity contribution is 0.107. The average molecular weight is 315 g/mol. The molecule has 0 fully saturated rings. The molecule has 20 heavy (non-hydrogen) atoms. The van der Waals surface area contributed by atoms with Crippen molar-refractivity contribution < 1.29 is 9.08 Å².